The van der Waals surface area contributed by atoms with E-state index in [0.717, 1.165) is 16.7 Å². The molecule has 0 N–H and O–H groups in total. The Bertz CT molecular complexity index is 1180. The minimum atomic E-state index is -3.96. The van der Waals surface area contributed by atoms with E-state index >= 15 is 0 Å². The molecular formula is C26H31N3O3S. The number of aromatic nitrogens is 1. The highest BCUT2D eigenvalue weighted by molar-refractivity contribution is 7.92. The van der Waals surface area contributed by atoms with Crippen molar-refractivity contribution >= 4 is 21.6 Å². The van der Waals surface area contributed by atoms with Gasteiger partial charge in [0.1, 0.15) is 6.54 Å². The first kappa shape index (κ1) is 24.5. The van der Waals surface area contributed by atoms with Crippen LogP contribution in [0.5, 0.6) is 0 Å². The maximum absolute atomic E-state index is 13.6. The second kappa shape index (κ2) is 9.75. The van der Waals surface area contributed by atoms with Gasteiger partial charge in [0, 0.05) is 26.0 Å². The highest BCUT2D eigenvalue weighted by Gasteiger charge is 2.29. The summed E-state index contributed by atoms with van der Waals surface area (Å²) in [4.78, 5) is 18.8. The number of carbonyl (C=O) groups is 1. The number of hydrogen-bond acceptors (Lipinski definition) is 4. The molecule has 2 aromatic carbocycles. The third-order valence-electron chi connectivity index (χ3n) is 5.48. The largest absolute Gasteiger partial charge is 0.340 e. The van der Waals surface area contributed by atoms with Crippen LogP contribution in [-0.4, -0.2) is 37.8 Å². The molecule has 0 aliphatic heterocycles. The summed E-state index contributed by atoms with van der Waals surface area (Å²) in [7, 11) is -2.30. The molecule has 1 aromatic heterocycles. The Hall–Kier alpha value is -3.19. The molecule has 0 saturated heterocycles. The van der Waals surface area contributed by atoms with Gasteiger partial charge in [0.2, 0.25) is 5.91 Å². The van der Waals surface area contributed by atoms with Crippen molar-refractivity contribution in [3.63, 3.8) is 0 Å². The number of rotatable bonds is 7. The third-order valence-corrected chi connectivity index (χ3v) is 7.27. The maximum atomic E-state index is 13.6. The summed E-state index contributed by atoms with van der Waals surface area (Å²) >= 11 is 0. The van der Waals surface area contributed by atoms with Gasteiger partial charge in [-0.1, -0.05) is 56.7 Å². The van der Waals surface area contributed by atoms with Gasteiger partial charge in [-0.15, -0.1) is 0 Å². The van der Waals surface area contributed by atoms with Crippen LogP contribution in [-0.2, 0) is 26.8 Å². The van der Waals surface area contributed by atoms with Crippen LogP contribution in [0.2, 0.25) is 0 Å². The van der Waals surface area contributed by atoms with Gasteiger partial charge in [-0.2, -0.15) is 0 Å². The molecule has 7 heteroatoms. The number of benzene rings is 2. The SMILES string of the molecule is Cc1ccc(N(CC(=O)N(C)Cc2cccnc2)S(=O)(=O)c2ccc(C(C)(C)C)cc2)cc1. The number of pyridine rings is 1. The fraction of sp³-hybridized carbons (Fsp3) is 0.308. The lowest BCUT2D eigenvalue weighted by Gasteiger charge is -2.27. The summed E-state index contributed by atoms with van der Waals surface area (Å²) < 4.78 is 28.5. The lowest BCUT2D eigenvalue weighted by molar-refractivity contribution is -0.128. The van der Waals surface area contributed by atoms with E-state index in [2.05, 4.69) is 25.8 Å². The van der Waals surface area contributed by atoms with Crippen molar-refractivity contribution in [1.29, 1.82) is 0 Å². The molecule has 3 rings (SSSR count). The molecule has 0 saturated carbocycles. The Morgan fingerprint density at radius 3 is 2.15 bits per heavy atom. The van der Waals surface area contributed by atoms with Gasteiger partial charge in [0.15, 0.2) is 0 Å². The number of nitrogens with zero attached hydrogens (tertiary/aromatic N) is 3. The van der Waals surface area contributed by atoms with E-state index in [1.54, 1.807) is 49.8 Å². The van der Waals surface area contributed by atoms with Crippen LogP contribution >= 0.6 is 0 Å². The zero-order valence-corrected chi connectivity index (χ0v) is 20.6. The first-order valence-electron chi connectivity index (χ1n) is 10.8. The molecule has 1 amide bonds. The topological polar surface area (TPSA) is 70.6 Å². The Morgan fingerprint density at radius 2 is 1.61 bits per heavy atom. The summed E-state index contributed by atoms with van der Waals surface area (Å²) in [5.74, 6) is -0.311. The summed E-state index contributed by atoms with van der Waals surface area (Å²) in [6.07, 6.45) is 3.36. The molecule has 0 aliphatic carbocycles. The summed E-state index contributed by atoms with van der Waals surface area (Å²) in [6.45, 7) is 8.20. The summed E-state index contributed by atoms with van der Waals surface area (Å²) in [5, 5.41) is 0. The molecule has 0 spiro atoms. The predicted molar refractivity (Wildman–Crippen MR) is 132 cm³/mol. The average Bonchev–Trinajstić information content (AvgIpc) is 2.78. The molecule has 3 aromatic rings. The van der Waals surface area contributed by atoms with Gasteiger partial charge in [0.25, 0.3) is 10.0 Å². The normalized spacial score (nSPS) is 11.8. The monoisotopic (exact) mass is 465 g/mol. The zero-order valence-electron chi connectivity index (χ0n) is 19.8. The Morgan fingerprint density at radius 1 is 0.970 bits per heavy atom. The van der Waals surface area contributed by atoms with Crippen molar-refractivity contribution in [3.8, 4) is 0 Å². The van der Waals surface area contributed by atoms with Crippen LogP contribution in [0.3, 0.4) is 0 Å². The molecule has 0 fully saturated rings. The molecule has 0 atom stereocenters. The van der Waals surface area contributed by atoms with Crippen molar-refractivity contribution < 1.29 is 13.2 Å². The molecule has 0 bridgehead atoms. The van der Waals surface area contributed by atoms with Gasteiger partial charge >= 0.3 is 0 Å². The summed E-state index contributed by atoms with van der Waals surface area (Å²) in [5.41, 5.74) is 3.27. The zero-order chi connectivity index (χ0) is 24.2. The van der Waals surface area contributed by atoms with Crippen molar-refractivity contribution in [2.75, 3.05) is 17.9 Å². The fourth-order valence-electron chi connectivity index (χ4n) is 3.38. The van der Waals surface area contributed by atoms with Crippen LogP contribution in [0.4, 0.5) is 5.69 Å². The van der Waals surface area contributed by atoms with E-state index in [1.807, 2.05) is 37.3 Å². The number of anilines is 1. The third kappa shape index (κ3) is 5.99. The van der Waals surface area contributed by atoms with E-state index < -0.39 is 10.0 Å². The van der Waals surface area contributed by atoms with E-state index in [-0.39, 0.29) is 22.8 Å². The molecule has 174 valence electrons. The molecule has 0 aliphatic rings. The lowest BCUT2D eigenvalue weighted by Crippen LogP contribution is -2.41. The smallest absolute Gasteiger partial charge is 0.264 e. The minimum Gasteiger partial charge on any atom is -0.340 e. The predicted octanol–water partition coefficient (Wildman–Crippen LogP) is 4.54. The quantitative estimate of drug-likeness (QED) is 0.514. The molecule has 0 unspecified atom stereocenters. The second-order valence-corrected chi connectivity index (χ2v) is 11.1. The van der Waals surface area contributed by atoms with Crippen LogP contribution in [0.15, 0.2) is 78.0 Å². The van der Waals surface area contributed by atoms with Gasteiger partial charge in [-0.05, 0) is 53.8 Å². The maximum Gasteiger partial charge on any atom is 0.264 e. The van der Waals surface area contributed by atoms with Crippen molar-refractivity contribution in [3.05, 3.63) is 89.7 Å². The first-order valence-corrected chi connectivity index (χ1v) is 12.3. The number of sulfonamides is 1. The number of aryl methyl sites for hydroxylation is 1. The van der Waals surface area contributed by atoms with Gasteiger partial charge in [-0.25, -0.2) is 8.42 Å². The van der Waals surface area contributed by atoms with Gasteiger partial charge < -0.3 is 4.90 Å². The molecule has 0 radical (unpaired) electrons. The molecule has 1 heterocycles. The van der Waals surface area contributed by atoms with E-state index in [9.17, 15) is 13.2 Å². The van der Waals surface area contributed by atoms with Crippen LogP contribution in [0, 0.1) is 6.92 Å². The highest BCUT2D eigenvalue weighted by atomic mass is 32.2. The van der Waals surface area contributed by atoms with Crippen LogP contribution in [0.1, 0.15) is 37.5 Å². The summed E-state index contributed by atoms with van der Waals surface area (Å²) in [6, 6.07) is 17.7. The van der Waals surface area contributed by atoms with Crippen molar-refractivity contribution in [2.24, 2.45) is 0 Å². The van der Waals surface area contributed by atoms with E-state index in [4.69, 9.17) is 0 Å². The molecule has 6 nitrogen and oxygen atoms in total. The Labute approximate surface area is 196 Å². The van der Waals surface area contributed by atoms with Crippen LogP contribution in [0.25, 0.3) is 0 Å². The fourth-order valence-corrected chi connectivity index (χ4v) is 4.79. The molecule has 33 heavy (non-hydrogen) atoms. The molecular weight excluding hydrogens is 434 g/mol. The number of amides is 1. The average molecular weight is 466 g/mol. The Kier molecular flexibility index (Phi) is 7.22. The van der Waals surface area contributed by atoms with E-state index in [0.29, 0.717) is 12.2 Å². The number of hydrogen-bond donors (Lipinski definition) is 0. The lowest BCUT2D eigenvalue weighted by atomic mass is 9.87. The standard InChI is InChI=1S/C26H31N3O3S/c1-20-8-12-23(13-9-20)29(19-25(30)28(5)18-21-7-6-16-27-17-21)33(31,32)24-14-10-22(11-15-24)26(2,3)4/h6-17H,18-19H2,1-5H3. The van der Waals surface area contributed by atoms with Crippen molar-refractivity contribution in [1.82, 2.24) is 9.88 Å². The van der Waals surface area contributed by atoms with Crippen molar-refractivity contribution in [2.45, 2.75) is 44.6 Å². The van der Waals surface area contributed by atoms with Crippen LogP contribution < -0.4 is 4.31 Å². The van der Waals surface area contributed by atoms with Gasteiger partial charge in [-0.3, -0.25) is 14.1 Å². The highest BCUT2D eigenvalue weighted by Crippen LogP contribution is 2.27. The first-order chi connectivity index (χ1) is 15.5. The number of likely N-dealkylation sites (N-methyl/N-ethyl adjacent to an activating group) is 1. The minimum absolute atomic E-state index is 0.0933. The van der Waals surface area contributed by atoms with E-state index in [1.165, 1.54) is 9.21 Å². The van der Waals surface area contributed by atoms with Gasteiger partial charge in [0.05, 0.1) is 10.6 Å². The Balaban J connectivity index is 1.92. The second-order valence-electron chi connectivity index (χ2n) is 9.23. The number of carbonyl (C=O) groups excluding carboxylic acids is 1.